The van der Waals surface area contributed by atoms with Crippen LogP contribution in [0.3, 0.4) is 0 Å². The number of hydrogen-bond donors (Lipinski definition) is 0. The van der Waals surface area contributed by atoms with Gasteiger partial charge >= 0.3 is 0 Å². The molecule has 0 saturated heterocycles. The number of sulfone groups is 1. The summed E-state index contributed by atoms with van der Waals surface area (Å²) in [5.41, 5.74) is 2.28. The van der Waals surface area contributed by atoms with E-state index in [0.717, 1.165) is 16.9 Å². The number of rotatable bonds is 4. The number of nitrogens with zero attached hydrogens (tertiary/aromatic N) is 2. The van der Waals surface area contributed by atoms with Crippen LogP contribution >= 0.6 is 0 Å². The number of benzene rings is 2. The van der Waals surface area contributed by atoms with E-state index in [1.807, 2.05) is 30.5 Å². The molecule has 6 heteroatoms. The molecule has 0 radical (unpaired) electrons. The maximum absolute atomic E-state index is 13.2. The third-order valence-corrected chi connectivity index (χ3v) is 5.52. The fourth-order valence-electron chi connectivity index (χ4n) is 2.83. The lowest BCUT2D eigenvalue weighted by Gasteiger charge is -2.27. The van der Waals surface area contributed by atoms with Crippen molar-refractivity contribution in [1.29, 1.82) is 0 Å². The van der Waals surface area contributed by atoms with E-state index in [4.69, 9.17) is 0 Å². The van der Waals surface area contributed by atoms with Crippen LogP contribution in [-0.4, -0.2) is 24.2 Å². The van der Waals surface area contributed by atoms with Crippen molar-refractivity contribution < 1.29 is 12.8 Å². The second kappa shape index (κ2) is 6.11. The summed E-state index contributed by atoms with van der Waals surface area (Å²) in [5.74, 6) is -0.291. The van der Waals surface area contributed by atoms with Crippen LogP contribution in [0, 0.1) is 5.82 Å². The summed E-state index contributed by atoms with van der Waals surface area (Å²) < 4.78 is 38.4. The van der Waals surface area contributed by atoms with Crippen molar-refractivity contribution in [3.63, 3.8) is 0 Å². The minimum atomic E-state index is -3.23. The van der Waals surface area contributed by atoms with Crippen LogP contribution in [0.5, 0.6) is 0 Å². The highest BCUT2D eigenvalue weighted by Gasteiger charge is 2.27. The zero-order chi connectivity index (χ0) is 18.2. The normalized spacial score (nSPS) is 12.3. The van der Waals surface area contributed by atoms with Crippen LogP contribution in [0.25, 0.3) is 5.69 Å². The van der Waals surface area contributed by atoms with Crippen LogP contribution in [0.2, 0.25) is 0 Å². The van der Waals surface area contributed by atoms with Crippen molar-refractivity contribution in [2.45, 2.75) is 24.2 Å². The molecule has 4 nitrogen and oxygen atoms in total. The van der Waals surface area contributed by atoms with E-state index in [-0.39, 0.29) is 5.82 Å². The van der Waals surface area contributed by atoms with Crippen molar-refractivity contribution in [2.24, 2.45) is 0 Å². The standard InChI is InChI=1S/C19H19FN2O2S/c1-19(2,14-4-10-17(11-5-14)25(3,23)24)18-12-21-13-22(18)16-8-6-15(20)7-9-16/h4-13H,1-3H3. The molecule has 0 aliphatic carbocycles. The first kappa shape index (κ1) is 17.4. The van der Waals surface area contributed by atoms with Crippen LogP contribution in [0.1, 0.15) is 25.1 Å². The molecule has 25 heavy (non-hydrogen) atoms. The van der Waals surface area contributed by atoms with E-state index >= 15 is 0 Å². The lowest BCUT2D eigenvalue weighted by Crippen LogP contribution is -2.22. The molecule has 0 N–H and O–H groups in total. The first-order chi connectivity index (χ1) is 11.7. The van der Waals surface area contributed by atoms with E-state index in [0.29, 0.717) is 4.90 Å². The van der Waals surface area contributed by atoms with Crippen molar-refractivity contribution in [3.05, 3.63) is 78.1 Å². The number of aromatic nitrogens is 2. The highest BCUT2D eigenvalue weighted by atomic mass is 32.2. The third-order valence-electron chi connectivity index (χ3n) is 4.39. The number of imidazole rings is 1. The van der Waals surface area contributed by atoms with Crippen LogP contribution in [0.15, 0.2) is 66.0 Å². The Morgan fingerprint density at radius 1 is 1.00 bits per heavy atom. The van der Waals surface area contributed by atoms with Gasteiger partial charge in [-0.3, -0.25) is 0 Å². The molecule has 0 saturated carbocycles. The van der Waals surface area contributed by atoms with Crippen molar-refractivity contribution in [3.8, 4) is 5.69 Å². The Kier molecular flexibility index (Phi) is 4.24. The van der Waals surface area contributed by atoms with Crippen LogP contribution in [-0.2, 0) is 15.3 Å². The van der Waals surface area contributed by atoms with Crippen molar-refractivity contribution >= 4 is 9.84 Å². The Bertz CT molecular complexity index is 989. The van der Waals surface area contributed by atoms with Gasteiger partial charge in [0, 0.05) is 23.6 Å². The van der Waals surface area contributed by atoms with E-state index in [2.05, 4.69) is 4.98 Å². The molecule has 0 fully saturated rings. The SMILES string of the molecule is CC(C)(c1ccc(S(C)(=O)=O)cc1)c1cncn1-c1ccc(F)cc1. The molecule has 3 aromatic rings. The molecular formula is C19H19FN2O2S. The zero-order valence-corrected chi connectivity index (χ0v) is 15.1. The van der Waals surface area contributed by atoms with Crippen LogP contribution < -0.4 is 0 Å². The number of halogens is 1. The Hall–Kier alpha value is -2.47. The van der Waals surface area contributed by atoms with E-state index in [1.54, 1.807) is 36.8 Å². The maximum atomic E-state index is 13.2. The van der Waals surface area contributed by atoms with E-state index in [1.165, 1.54) is 18.4 Å². The third kappa shape index (κ3) is 3.35. The zero-order valence-electron chi connectivity index (χ0n) is 14.3. The van der Waals surface area contributed by atoms with Crippen LogP contribution in [0.4, 0.5) is 4.39 Å². The molecule has 1 heterocycles. The largest absolute Gasteiger partial charge is 0.302 e. The summed E-state index contributed by atoms with van der Waals surface area (Å²) in [7, 11) is -3.23. The van der Waals surface area contributed by atoms with Gasteiger partial charge in [0.25, 0.3) is 0 Å². The molecule has 0 aliphatic rings. The predicted octanol–water partition coefficient (Wildman–Crippen LogP) is 3.74. The Morgan fingerprint density at radius 3 is 2.16 bits per heavy atom. The summed E-state index contributed by atoms with van der Waals surface area (Å²) in [6, 6.07) is 13.1. The van der Waals surface area contributed by atoms with Gasteiger partial charge in [0.1, 0.15) is 5.82 Å². The lowest BCUT2D eigenvalue weighted by molar-refractivity contribution is 0.595. The average molecular weight is 358 g/mol. The van der Waals surface area contributed by atoms with Gasteiger partial charge in [-0.1, -0.05) is 26.0 Å². The summed E-state index contributed by atoms with van der Waals surface area (Å²) in [6.07, 6.45) is 4.65. The smallest absolute Gasteiger partial charge is 0.175 e. The fourth-order valence-corrected chi connectivity index (χ4v) is 3.46. The Labute approximate surface area is 146 Å². The molecule has 0 unspecified atom stereocenters. The van der Waals surface area contributed by atoms with E-state index < -0.39 is 15.3 Å². The second-order valence-electron chi connectivity index (χ2n) is 6.55. The van der Waals surface area contributed by atoms with Gasteiger partial charge in [-0.25, -0.2) is 17.8 Å². The maximum Gasteiger partial charge on any atom is 0.175 e. The van der Waals surface area contributed by atoms with Crippen molar-refractivity contribution in [2.75, 3.05) is 6.26 Å². The lowest BCUT2D eigenvalue weighted by atomic mass is 9.81. The van der Waals surface area contributed by atoms with Gasteiger partial charge in [-0.05, 0) is 42.0 Å². The van der Waals surface area contributed by atoms with E-state index in [9.17, 15) is 12.8 Å². The second-order valence-corrected chi connectivity index (χ2v) is 8.56. The highest BCUT2D eigenvalue weighted by molar-refractivity contribution is 7.90. The van der Waals surface area contributed by atoms with Crippen molar-refractivity contribution in [1.82, 2.24) is 9.55 Å². The van der Waals surface area contributed by atoms with Gasteiger partial charge < -0.3 is 4.57 Å². The van der Waals surface area contributed by atoms with Gasteiger partial charge in [-0.2, -0.15) is 0 Å². The Balaban J connectivity index is 2.04. The summed E-state index contributed by atoms with van der Waals surface area (Å²) >= 11 is 0. The quantitative estimate of drug-likeness (QED) is 0.714. The molecule has 130 valence electrons. The molecule has 0 atom stereocenters. The summed E-state index contributed by atoms with van der Waals surface area (Å²) in [4.78, 5) is 4.53. The Morgan fingerprint density at radius 2 is 1.60 bits per heavy atom. The summed E-state index contributed by atoms with van der Waals surface area (Å²) in [6.45, 7) is 4.08. The highest BCUT2D eigenvalue weighted by Crippen LogP contribution is 2.33. The first-order valence-corrected chi connectivity index (χ1v) is 9.68. The number of hydrogen-bond acceptors (Lipinski definition) is 3. The van der Waals surface area contributed by atoms with Gasteiger partial charge in [0.05, 0.1) is 16.9 Å². The first-order valence-electron chi connectivity index (χ1n) is 7.79. The molecule has 0 bridgehead atoms. The monoisotopic (exact) mass is 358 g/mol. The fraction of sp³-hybridized carbons (Fsp3) is 0.211. The molecule has 2 aromatic carbocycles. The predicted molar refractivity (Wildman–Crippen MR) is 95.2 cm³/mol. The van der Waals surface area contributed by atoms with Gasteiger partial charge in [0.2, 0.25) is 0 Å². The summed E-state index contributed by atoms with van der Waals surface area (Å²) in [5, 5.41) is 0. The average Bonchev–Trinajstić information content (AvgIpc) is 3.05. The minimum absolute atomic E-state index is 0.291. The van der Waals surface area contributed by atoms with Gasteiger partial charge in [-0.15, -0.1) is 0 Å². The molecule has 3 rings (SSSR count). The molecular weight excluding hydrogens is 339 g/mol. The molecule has 0 spiro atoms. The molecule has 0 amide bonds. The molecule has 0 aliphatic heterocycles. The van der Waals surface area contributed by atoms with Gasteiger partial charge in [0.15, 0.2) is 9.84 Å². The molecule has 1 aromatic heterocycles. The topological polar surface area (TPSA) is 52.0 Å². The minimum Gasteiger partial charge on any atom is -0.302 e.